The van der Waals surface area contributed by atoms with Crippen molar-refractivity contribution in [1.29, 1.82) is 0 Å². The fraction of sp³-hybridized carbons (Fsp3) is 0.450. The highest BCUT2D eigenvalue weighted by Gasteiger charge is 2.35. The summed E-state index contributed by atoms with van der Waals surface area (Å²) in [7, 11) is 0. The Morgan fingerprint density at radius 2 is 2.00 bits per heavy atom. The summed E-state index contributed by atoms with van der Waals surface area (Å²) in [5.74, 6) is -0.248. The fourth-order valence-corrected chi connectivity index (χ4v) is 3.36. The van der Waals surface area contributed by atoms with Crippen LogP contribution >= 0.6 is 11.3 Å². The number of nitrogens with two attached hydrogens (primary N) is 1. The maximum absolute atomic E-state index is 13.5. The van der Waals surface area contributed by atoms with E-state index >= 15 is 0 Å². The van der Waals surface area contributed by atoms with E-state index in [-0.39, 0.29) is 25.6 Å². The van der Waals surface area contributed by atoms with E-state index in [4.69, 9.17) is 15.2 Å². The van der Waals surface area contributed by atoms with Crippen LogP contribution in [0.3, 0.4) is 0 Å². The summed E-state index contributed by atoms with van der Waals surface area (Å²) in [6.07, 6.45) is 1.48. The lowest BCUT2D eigenvalue weighted by Gasteiger charge is -2.17. The molecule has 0 aliphatic rings. The Labute approximate surface area is 172 Å². The maximum atomic E-state index is 13.5. The van der Waals surface area contributed by atoms with Crippen molar-refractivity contribution in [2.24, 2.45) is 5.73 Å². The summed E-state index contributed by atoms with van der Waals surface area (Å²) < 4.78 is 51.2. The van der Waals surface area contributed by atoms with Gasteiger partial charge in [-0.2, -0.15) is 13.2 Å². The molecule has 0 fully saturated rings. The number of alkyl halides is 3. The molecule has 160 valence electrons. The van der Waals surface area contributed by atoms with Crippen molar-refractivity contribution in [2.45, 2.75) is 32.0 Å². The molecule has 0 saturated carbocycles. The van der Waals surface area contributed by atoms with Gasteiger partial charge < -0.3 is 20.3 Å². The van der Waals surface area contributed by atoms with Crippen molar-refractivity contribution >= 4 is 11.3 Å². The second kappa shape index (κ2) is 10.2. The van der Waals surface area contributed by atoms with Crippen LogP contribution in [0.15, 0.2) is 36.5 Å². The summed E-state index contributed by atoms with van der Waals surface area (Å²) in [4.78, 5) is 4.66. The number of nitrogens with zero attached hydrogens (tertiary/aromatic N) is 1. The predicted octanol–water partition coefficient (Wildman–Crippen LogP) is 4.36. The molecule has 0 saturated heterocycles. The number of aliphatic hydroxyl groups is 1. The van der Waals surface area contributed by atoms with Gasteiger partial charge in [-0.3, -0.25) is 0 Å². The van der Waals surface area contributed by atoms with Gasteiger partial charge in [0.1, 0.15) is 17.4 Å². The lowest BCUT2D eigenvalue weighted by molar-refractivity contribution is -0.139. The zero-order valence-corrected chi connectivity index (χ0v) is 17.1. The number of aliphatic hydroxyl groups excluding tert-OH is 1. The number of rotatable bonds is 10. The molecule has 9 heteroatoms. The SMILES string of the molecule is C/C=C/CCOCCOc1ccc(-c2cnc([C@@](C)(N)CO)s2)cc1C(F)(F)F. The highest BCUT2D eigenvalue weighted by atomic mass is 32.1. The molecule has 0 spiro atoms. The van der Waals surface area contributed by atoms with Crippen molar-refractivity contribution in [1.82, 2.24) is 4.98 Å². The average Bonchev–Trinajstić information content (AvgIpc) is 3.18. The number of hydrogen-bond donors (Lipinski definition) is 2. The fourth-order valence-electron chi connectivity index (χ4n) is 2.40. The summed E-state index contributed by atoms with van der Waals surface area (Å²) in [5, 5.41) is 9.78. The van der Waals surface area contributed by atoms with E-state index in [1.165, 1.54) is 12.3 Å². The second-order valence-corrected chi connectivity index (χ2v) is 7.66. The van der Waals surface area contributed by atoms with E-state index in [0.717, 1.165) is 23.8 Å². The van der Waals surface area contributed by atoms with Gasteiger partial charge in [0, 0.05) is 6.20 Å². The predicted molar refractivity (Wildman–Crippen MR) is 107 cm³/mol. The number of allylic oxidation sites excluding steroid dienone is 1. The molecule has 5 nitrogen and oxygen atoms in total. The first-order valence-corrected chi connectivity index (χ1v) is 9.90. The number of ether oxygens (including phenoxy) is 2. The first-order valence-electron chi connectivity index (χ1n) is 9.08. The summed E-state index contributed by atoms with van der Waals surface area (Å²) in [6, 6.07) is 3.87. The Morgan fingerprint density at radius 1 is 1.24 bits per heavy atom. The smallest absolute Gasteiger partial charge is 0.419 e. The van der Waals surface area contributed by atoms with Crippen LogP contribution in [0.4, 0.5) is 13.2 Å². The number of benzene rings is 1. The molecule has 1 aromatic carbocycles. The minimum Gasteiger partial charge on any atom is -0.491 e. The Balaban J connectivity index is 2.14. The molecular weight excluding hydrogens is 405 g/mol. The number of halogens is 3. The molecular formula is C20H25F3N2O3S. The Kier molecular flexibility index (Phi) is 8.21. The average molecular weight is 430 g/mol. The third-order valence-electron chi connectivity index (χ3n) is 4.04. The number of hydrogen-bond acceptors (Lipinski definition) is 6. The zero-order chi connectivity index (χ0) is 21.5. The van der Waals surface area contributed by atoms with Gasteiger partial charge in [-0.1, -0.05) is 12.2 Å². The third kappa shape index (κ3) is 6.53. The van der Waals surface area contributed by atoms with Crippen LogP contribution < -0.4 is 10.5 Å². The van der Waals surface area contributed by atoms with Crippen molar-refractivity contribution in [3.63, 3.8) is 0 Å². The lowest BCUT2D eigenvalue weighted by atomic mass is 10.1. The largest absolute Gasteiger partial charge is 0.491 e. The van der Waals surface area contributed by atoms with E-state index in [9.17, 15) is 18.3 Å². The zero-order valence-electron chi connectivity index (χ0n) is 16.3. The highest BCUT2D eigenvalue weighted by Crippen LogP contribution is 2.40. The molecule has 0 aliphatic heterocycles. The molecule has 0 radical (unpaired) electrons. The Hall–Kier alpha value is -1.94. The molecule has 2 rings (SSSR count). The van der Waals surface area contributed by atoms with E-state index in [2.05, 4.69) is 4.98 Å². The van der Waals surface area contributed by atoms with Crippen LogP contribution in [0.2, 0.25) is 0 Å². The molecule has 0 bridgehead atoms. The van der Waals surface area contributed by atoms with Crippen LogP contribution in [-0.4, -0.2) is 36.5 Å². The molecule has 1 aromatic heterocycles. The van der Waals surface area contributed by atoms with E-state index in [0.29, 0.717) is 22.1 Å². The standard InChI is InChI=1S/C20H25F3N2O3S/c1-3-4-5-8-27-9-10-28-16-7-6-14(11-15(16)20(21,22)23)17-12-25-18(29-17)19(2,24)13-26/h3-4,6-7,11-12,26H,5,8-10,13,24H2,1-2H3/b4-3+/t19-/m0/s1. The minimum absolute atomic E-state index is 0.0188. The van der Waals surface area contributed by atoms with Gasteiger partial charge in [0.2, 0.25) is 0 Å². The van der Waals surface area contributed by atoms with Crippen molar-refractivity contribution in [3.8, 4) is 16.2 Å². The summed E-state index contributed by atoms with van der Waals surface area (Å²) >= 11 is 1.14. The van der Waals surface area contributed by atoms with Crippen LogP contribution in [0.5, 0.6) is 5.75 Å². The van der Waals surface area contributed by atoms with E-state index in [1.54, 1.807) is 13.0 Å². The normalized spacial score (nSPS) is 14.3. The molecule has 29 heavy (non-hydrogen) atoms. The molecule has 0 aliphatic carbocycles. The van der Waals surface area contributed by atoms with Crippen LogP contribution in [0.1, 0.15) is 30.8 Å². The van der Waals surface area contributed by atoms with Gasteiger partial charge in [0.05, 0.1) is 35.8 Å². The summed E-state index contributed by atoms with van der Waals surface area (Å²) in [6.45, 7) is 3.89. The Morgan fingerprint density at radius 3 is 2.66 bits per heavy atom. The molecule has 3 N–H and O–H groups in total. The van der Waals surface area contributed by atoms with Gasteiger partial charge >= 0.3 is 6.18 Å². The monoisotopic (exact) mass is 430 g/mol. The van der Waals surface area contributed by atoms with Gasteiger partial charge in [-0.05, 0) is 44.0 Å². The van der Waals surface area contributed by atoms with Crippen molar-refractivity contribution < 1.29 is 27.8 Å². The third-order valence-corrected chi connectivity index (χ3v) is 5.37. The lowest BCUT2D eigenvalue weighted by Crippen LogP contribution is -2.36. The molecule has 0 amide bonds. The van der Waals surface area contributed by atoms with Crippen LogP contribution in [0.25, 0.3) is 10.4 Å². The van der Waals surface area contributed by atoms with Crippen molar-refractivity contribution in [3.05, 3.63) is 47.1 Å². The first-order chi connectivity index (χ1) is 13.7. The Bertz CT molecular complexity index is 820. The molecule has 0 unspecified atom stereocenters. The molecule has 2 aromatic rings. The van der Waals surface area contributed by atoms with Gasteiger partial charge in [-0.15, -0.1) is 11.3 Å². The van der Waals surface area contributed by atoms with Gasteiger partial charge in [0.15, 0.2) is 0 Å². The van der Waals surface area contributed by atoms with E-state index in [1.807, 2.05) is 19.1 Å². The maximum Gasteiger partial charge on any atom is 0.419 e. The number of thiazole rings is 1. The first kappa shape index (κ1) is 23.3. The van der Waals surface area contributed by atoms with Crippen molar-refractivity contribution in [2.75, 3.05) is 26.4 Å². The topological polar surface area (TPSA) is 77.6 Å². The van der Waals surface area contributed by atoms with Crippen LogP contribution in [-0.2, 0) is 16.5 Å². The highest BCUT2D eigenvalue weighted by molar-refractivity contribution is 7.15. The van der Waals surface area contributed by atoms with Crippen LogP contribution in [0, 0.1) is 0 Å². The number of aromatic nitrogens is 1. The van der Waals surface area contributed by atoms with Gasteiger partial charge in [0.25, 0.3) is 0 Å². The molecule has 1 heterocycles. The second-order valence-electron chi connectivity index (χ2n) is 6.63. The van der Waals surface area contributed by atoms with E-state index < -0.39 is 17.3 Å². The summed E-state index contributed by atoms with van der Waals surface area (Å²) in [5.41, 5.74) is 4.38. The van der Waals surface area contributed by atoms with Gasteiger partial charge in [-0.25, -0.2) is 4.98 Å². The minimum atomic E-state index is -4.57. The quantitative estimate of drug-likeness (QED) is 0.433. The molecule has 1 atom stereocenters.